The summed E-state index contributed by atoms with van der Waals surface area (Å²) >= 11 is 0. The van der Waals surface area contributed by atoms with E-state index in [1.807, 2.05) is 31.2 Å². The Morgan fingerprint density at radius 1 is 0.907 bits per heavy atom. The van der Waals surface area contributed by atoms with E-state index in [4.69, 9.17) is 14.5 Å². The summed E-state index contributed by atoms with van der Waals surface area (Å²) < 4.78 is 52.9. The van der Waals surface area contributed by atoms with E-state index in [1.165, 1.54) is 6.20 Å². The highest BCUT2D eigenvalue weighted by molar-refractivity contribution is 7.66. The van der Waals surface area contributed by atoms with Gasteiger partial charge in [-0.2, -0.15) is 8.62 Å². The fraction of sp³-hybridized carbons (Fsp3) is 0.318. The number of pyridine rings is 1. The van der Waals surface area contributed by atoms with Gasteiger partial charge in [-0.25, -0.2) is 18.5 Å². The van der Waals surface area contributed by atoms with Gasteiger partial charge in [0.1, 0.15) is 18.3 Å². The Bertz CT molecular complexity index is 1740. The summed E-state index contributed by atoms with van der Waals surface area (Å²) in [4.78, 5) is 66.2. The van der Waals surface area contributed by atoms with Crippen LogP contribution in [0.15, 0.2) is 64.4 Å². The maximum absolute atomic E-state index is 13.3. The van der Waals surface area contributed by atoms with Crippen LogP contribution in [0.5, 0.6) is 0 Å². The van der Waals surface area contributed by atoms with Crippen molar-refractivity contribution in [1.82, 2.24) is 14.1 Å². The minimum absolute atomic E-state index is 0.265. The summed E-state index contributed by atoms with van der Waals surface area (Å²) in [5.41, 5.74) is 1.42. The second kappa shape index (κ2) is 12.8. The number of hydrogen-bond donors (Lipinski definition) is 6. The first kappa shape index (κ1) is 33.2. The van der Waals surface area contributed by atoms with Gasteiger partial charge in [-0.05, 0) is 30.2 Å². The highest BCUT2D eigenvalue weighted by Crippen LogP contribution is 2.66. The molecule has 3 aromatic rings. The highest BCUT2D eigenvalue weighted by atomic mass is 31.3. The van der Waals surface area contributed by atoms with Crippen LogP contribution in [-0.2, 0) is 38.1 Å². The molecule has 18 nitrogen and oxygen atoms in total. The largest absolute Gasteiger partial charge is 0.490 e. The predicted molar refractivity (Wildman–Crippen MR) is 144 cm³/mol. The fourth-order valence-corrected chi connectivity index (χ4v) is 7.12. The average Bonchev–Trinajstić information content (AvgIpc) is 3.17. The van der Waals surface area contributed by atoms with Crippen molar-refractivity contribution in [3.05, 3.63) is 87.0 Å². The fourth-order valence-electron chi connectivity index (χ4n) is 4.09. The lowest BCUT2D eigenvalue weighted by atomic mass is 10.0. The van der Waals surface area contributed by atoms with Gasteiger partial charge in [0.05, 0.1) is 18.8 Å². The molecule has 1 aromatic carbocycles. The van der Waals surface area contributed by atoms with E-state index >= 15 is 0 Å². The van der Waals surface area contributed by atoms with E-state index in [0.29, 0.717) is 5.69 Å². The van der Waals surface area contributed by atoms with E-state index in [9.17, 15) is 43.3 Å². The zero-order valence-corrected chi connectivity index (χ0v) is 24.6. The number of phosphoric ester groups is 1. The summed E-state index contributed by atoms with van der Waals surface area (Å²) in [7, 11) is -17.0. The standard InChI is InChI=1S/C22H26N3O15P3/c1-13-2-4-14(5-3-13)15-6-8-23-16(10-15)11-25-18(26)7-9-24(22(25)29)21-20(28)19(27)17(38-21)12-37-42(33,34)40-43(35,36)39-41(30,31)32/h2-10,17,19-21,27-28H,11-12H2,1H3,(H,33,34)(H,35,36)(H2,30,31,32)/t17-,19?,20?,21-/m1/s1. The van der Waals surface area contributed by atoms with Crippen LogP contribution in [0.4, 0.5) is 0 Å². The van der Waals surface area contributed by atoms with Crippen molar-refractivity contribution in [1.29, 1.82) is 0 Å². The van der Waals surface area contributed by atoms with Gasteiger partial charge in [-0.1, -0.05) is 29.8 Å². The van der Waals surface area contributed by atoms with Crippen LogP contribution in [0, 0.1) is 6.92 Å². The topological polar surface area (TPSA) is 266 Å². The molecule has 0 saturated carbocycles. The third-order valence-corrected chi connectivity index (χ3v) is 9.85. The van der Waals surface area contributed by atoms with E-state index in [2.05, 4.69) is 18.1 Å². The van der Waals surface area contributed by atoms with Crippen molar-refractivity contribution in [3.63, 3.8) is 0 Å². The van der Waals surface area contributed by atoms with Crippen LogP contribution in [0.3, 0.4) is 0 Å². The lowest BCUT2D eigenvalue weighted by molar-refractivity contribution is -0.0547. The van der Waals surface area contributed by atoms with Gasteiger partial charge in [0.25, 0.3) is 5.56 Å². The van der Waals surface area contributed by atoms with Gasteiger partial charge >= 0.3 is 29.2 Å². The van der Waals surface area contributed by atoms with Crippen LogP contribution >= 0.6 is 23.5 Å². The molecule has 21 heteroatoms. The first-order valence-corrected chi connectivity index (χ1v) is 16.6. The highest BCUT2D eigenvalue weighted by Gasteiger charge is 2.47. The zero-order valence-electron chi connectivity index (χ0n) is 22.0. The number of aryl methyl sites for hydroxylation is 1. The second-order valence-corrected chi connectivity index (χ2v) is 13.7. The molecular formula is C22H26N3O15P3. The van der Waals surface area contributed by atoms with Gasteiger partial charge < -0.3 is 34.5 Å². The second-order valence-electron chi connectivity index (χ2n) is 9.26. The van der Waals surface area contributed by atoms with Crippen molar-refractivity contribution in [3.8, 4) is 11.1 Å². The lowest BCUT2D eigenvalue weighted by Gasteiger charge is -2.19. The molecule has 0 spiro atoms. The molecule has 4 unspecified atom stereocenters. The van der Waals surface area contributed by atoms with Crippen molar-refractivity contribution < 1.29 is 61.4 Å². The van der Waals surface area contributed by atoms with Crippen LogP contribution in [0.25, 0.3) is 11.1 Å². The monoisotopic (exact) mass is 665 g/mol. The van der Waals surface area contributed by atoms with E-state index in [0.717, 1.165) is 38.1 Å². The number of ether oxygens (including phenoxy) is 1. The van der Waals surface area contributed by atoms with Crippen molar-refractivity contribution in [2.24, 2.45) is 0 Å². The normalized spacial score (nSPS) is 23.5. The van der Waals surface area contributed by atoms with Gasteiger partial charge in [-0.15, -0.1) is 0 Å². The average molecular weight is 665 g/mol. The maximum Gasteiger partial charge on any atom is 0.490 e. The molecule has 0 amide bonds. The Balaban J connectivity index is 1.50. The molecule has 6 atom stereocenters. The van der Waals surface area contributed by atoms with Gasteiger partial charge in [-0.3, -0.25) is 23.4 Å². The first-order valence-electron chi connectivity index (χ1n) is 12.1. The lowest BCUT2D eigenvalue weighted by Crippen LogP contribution is -2.43. The first-order chi connectivity index (χ1) is 19.9. The van der Waals surface area contributed by atoms with Crippen molar-refractivity contribution >= 4 is 23.5 Å². The molecule has 1 aliphatic heterocycles. The van der Waals surface area contributed by atoms with Crippen LogP contribution in [0.2, 0.25) is 0 Å². The number of hydrogen-bond acceptors (Lipinski definition) is 12. The van der Waals surface area contributed by atoms with Crippen molar-refractivity contribution in [2.45, 2.75) is 38.0 Å². The summed E-state index contributed by atoms with van der Waals surface area (Å²) in [6.45, 7) is 0.596. The quantitative estimate of drug-likeness (QED) is 0.151. The zero-order chi connectivity index (χ0) is 31.7. The van der Waals surface area contributed by atoms with Gasteiger partial charge in [0.15, 0.2) is 6.23 Å². The number of benzene rings is 1. The number of phosphoric acid groups is 3. The third-order valence-electron chi connectivity index (χ3n) is 6.05. The molecule has 1 fully saturated rings. The van der Waals surface area contributed by atoms with E-state index < -0.39 is 65.9 Å². The third kappa shape index (κ3) is 8.50. The van der Waals surface area contributed by atoms with E-state index in [1.54, 1.807) is 12.1 Å². The molecule has 43 heavy (non-hydrogen) atoms. The van der Waals surface area contributed by atoms with Crippen LogP contribution in [-0.4, -0.2) is 68.8 Å². The van der Waals surface area contributed by atoms with E-state index in [-0.39, 0.29) is 6.54 Å². The molecule has 0 aliphatic carbocycles. The predicted octanol–water partition coefficient (Wildman–Crippen LogP) is 0.391. The summed E-state index contributed by atoms with van der Waals surface area (Å²) in [6, 6.07) is 12.1. The molecule has 0 bridgehead atoms. The Morgan fingerprint density at radius 2 is 1.58 bits per heavy atom. The Labute approximate surface area is 241 Å². The Morgan fingerprint density at radius 3 is 2.23 bits per heavy atom. The number of aromatic nitrogens is 3. The van der Waals surface area contributed by atoms with Crippen LogP contribution in [0.1, 0.15) is 17.5 Å². The van der Waals surface area contributed by atoms with Crippen LogP contribution < -0.4 is 11.2 Å². The SMILES string of the molecule is Cc1ccc(-c2ccnc(Cn3c(=O)ccn([C@@H]4O[C@H](COP(=O)(O)OP(=O)(O)OP(=O)(O)O)C(O)C4O)c3=O)c2)cc1. The minimum Gasteiger partial charge on any atom is -0.387 e. The Kier molecular flexibility index (Phi) is 9.86. The number of aliphatic hydroxyl groups excluding tert-OH is 2. The molecule has 3 heterocycles. The van der Waals surface area contributed by atoms with Gasteiger partial charge in [0, 0.05) is 18.5 Å². The number of rotatable bonds is 11. The smallest absolute Gasteiger partial charge is 0.387 e. The maximum atomic E-state index is 13.3. The molecule has 4 rings (SSSR count). The molecule has 6 N–H and O–H groups in total. The molecule has 0 radical (unpaired) electrons. The van der Waals surface area contributed by atoms with Gasteiger partial charge in [0.2, 0.25) is 0 Å². The summed E-state index contributed by atoms with van der Waals surface area (Å²) in [5.74, 6) is 0. The molecule has 1 saturated heterocycles. The number of aliphatic hydroxyl groups is 2. The minimum atomic E-state index is -5.79. The molecule has 2 aromatic heterocycles. The van der Waals surface area contributed by atoms with Crippen molar-refractivity contribution in [2.75, 3.05) is 6.61 Å². The Hall–Kier alpha value is -2.66. The number of nitrogens with zero attached hydrogens (tertiary/aromatic N) is 3. The molecule has 234 valence electrons. The molecular weight excluding hydrogens is 639 g/mol. The molecule has 1 aliphatic rings. The summed E-state index contributed by atoms with van der Waals surface area (Å²) in [5, 5.41) is 20.9. The summed E-state index contributed by atoms with van der Waals surface area (Å²) in [6.07, 6.45) is -4.43.